The molecule has 6 amide bonds. The highest BCUT2D eigenvalue weighted by Crippen LogP contribution is 2.31. The summed E-state index contributed by atoms with van der Waals surface area (Å²) in [5.41, 5.74) is 0. The van der Waals surface area contributed by atoms with Crippen molar-refractivity contribution in [3.63, 3.8) is 0 Å². The molecule has 37 N–H and O–H groups in total. The van der Waals surface area contributed by atoms with Crippen LogP contribution < -0.4 is 10.6 Å². The van der Waals surface area contributed by atoms with Gasteiger partial charge in [0.05, 0.1) is 110 Å². The molecule has 4 saturated heterocycles. The number of hydrogen-bond donors (Lipinski definition) is 37. The first-order valence-electron chi connectivity index (χ1n) is 42.6. The second kappa shape index (κ2) is 63.3. The number of aliphatic hydroxyl groups is 32. The van der Waals surface area contributed by atoms with Crippen molar-refractivity contribution in [2.75, 3.05) is 164 Å². The topological polar surface area (TPSA) is 1060 Å². The third kappa shape index (κ3) is 39.3. The molecule has 0 aliphatic carbocycles. The number of carbonyl (C=O) groups excluding carboxylic acids is 6. The number of nitrogens with zero attached hydrogens (tertiary/aromatic N) is 9. The molecule has 4 fully saturated rings. The number of carboxylic acid groups (broad SMARTS) is 3. The van der Waals surface area contributed by atoms with Crippen LogP contribution in [0.1, 0.15) is 0 Å². The zero-order chi connectivity index (χ0) is 106. The van der Waals surface area contributed by atoms with Gasteiger partial charge in [-0.15, -0.1) is 0 Å². The Kier molecular flexibility index (Phi) is 56.1. The lowest BCUT2D eigenvalue weighted by Crippen LogP contribution is -2.61. The molecule has 141 heavy (non-hydrogen) atoms. The zero-order valence-corrected chi connectivity index (χ0v) is 74.5. The Morgan fingerprint density at radius 2 is 0.496 bits per heavy atom. The lowest BCUT2D eigenvalue weighted by molar-refractivity contribution is -0.326. The van der Waals surface area contributed by atoms with Gasteiger partial charge in [-0.25, -0.2) is 0 Å². The van der Waals surface area contributed by atoms with Gasteiger partial charge in [0.15, 0.2) is 51.6 Å². The van der Waals surface area contributed by atoms with E-state index in [1.165, 1.54) is 0 Å². The second-order valence-electron chi connectivity index (χ2n) is 31.7. The monoisotopic (exact) mass is 2070 g/mol. The number of imide groups is 2. The van der Waals surface area contributed by atoms with Gasteiger partial charge in [-0.2, -0.15) is 0 Å². The standard InChI is InChI=1S/C74H127N11O56/c86-18-34(98)67(138-71-63(126)59(122)55(118)38(22-90)134-71)51(114)30(94)9-77-130-26-44(104)84(45(105)27-131-78-10-31(95)52(115)68(35(99)19-87)139-72-64(127)60(123)56(119)39(23-91)135-72)3-1-75-42(102)13-82(16-49(110)111)7-5-81(15-48(108)109)6-8-83(17-50(112)113)14-43(103)76-2-4-85(46(106)28-132-79-11-32(96)53(116)69(36(100)20-88)140-73-65(128)61(124)57(120)40(24-92)136-73)47(107)29-133-80-12-33(97)54(117)70(37(101)21-89)141-74-66(129)62(125)58(121)41(25-93)137-74/h9-12,30-41,51-74,86-101,114-129H,1-8,13-29H2,(H,75,102)(H,76,103)(H,108,109)(H,110,111)(H,112,113)/b77-9+,78-10+,79-11+,80-12+/t30?,31?,32?,33?,34?,35?,36?,37?,38?,39?,40?,41?,51-,52-,53-,54+,55?,56?,57?,58?,59?,60?,61?,62?,63?,64?,65?,66?,67+,68+,69+,70+,71?,72?,73?,74?/m0/s1. The summed E-state index contributed by atoms with van der Waals surface area (Å²) in [6.07, 6.45) is -73.6. The van der Waals surface area contributed by atoms with E-state index >= 15 is 0 Å². The molecule has 814 valence electrons. The maximum absolute atomic E-state index is 13.7. The number of carbonyl (C=O) groups is 9. The molecule has 0 saturated carbocycles. The zero-order valence-electron chi connectivity index (χ0n) is 74.5. The van der Waals surface area contributed by atoms with Gasteiger partial charge in [0.2, 0.25) is 11.8 Å². The van der Waals surface area contributed by atoms with Crippen molar-refractivity contribution in [1.29, 1.82) is 0 Å². The van der Waals surface area contributed by atoms with Crippen molar-refractivity contribution in [2.45, 2.75) is 220 Å². The fourth-order valence-electron chi connectivity index (χ4n) is 13.3. The number of hydrogen-bond acceptors (Lipinski definition) is 60. The normalized spacial score (nSPS) is 28.7. The van der Waals surface area contributed by atoms with Crippen LogP contribution in [0.3, 0.4) is 0 Å². The molecule has 0 radical (unpaired) electrons. The lowest BCUT2D eigenvalue weighted by Gasteiger charge is -2.42. The fraction of sp³-hybridized carbons (Fsp3) is 0.824. The first-order chi connectivity index (χ1) is 66.5. The van der Waals surface area contributed by atoms with Crippen LogP contribution in [0.2, 0.25) is 0 Å². The van der Waals surface area contributed by atoms with E-state index in [0.717, 1.165) is 14.7 Å². The highest BCUT2D eigenvalue weighted by atomic mass is 16.7. The quantitative estimate of drug-likeness (QED) is 0.0199. The van der Waals surface area contributed by atoms with Crippen LogP contribution in [-0.4, -0.2) is 666 Å². The molecule has 36 atom stereocenters. The number of carboxylic acids is 3. The van der Waals surface area contributed by atoms with E-state index in [2.05, 4.69) is 31.3 Å². The van der Waals surface area contributed by atoms with Gasteiger partial charge in [0.25, 0.3) is 23.6 Å². The summed E-state index contributed by atoms with van der Waals surface area (Å²) < 4.78 is 42.0. The molecule has 67 heteroatoms. The fourth-order valence-corrected chi connectivity index (χ4v) is 13.3. The molecule has 4 heterocycles. The van der Waals surface area contributed by atoms with Crippen LogP contribution in [0.4, 0.5) is 0 Å². The number of aliphatic carboxylic acids is 3. The SMILES string of the molecule is O=C(O)CN(CCN(CC(=O)O)CC(=O)NCCN(C(=O)CO/N=C/C(O)[C@@H](O)[C@H](OC1OC(CO)C(O)C(O)C1O)C(O)CO)C(=O)CO/N=C/C(O)[C@H](O)[C@H](OC1OC(CO)C(O)C(O)C1O)C(O)CO)CCN(CC(=O)O)CC(=O)NCCN(C(=O)CO/N=C/C(O)[C@H](O)[C@H](OC1OC(CO)C(O)C(O)C1O)C(O)CO)C(=O)CO/N=C/C(O)[C@H](O)[C@H](OC1OC(CO)C(O)C(O)C1O)C(O)CO. The molecular weight excluding hydrogens is 1940 g/mol. The van der Waals surface area contributed by atoms with Crippen molar-refractivity contribution in [2.24, 2.45) is 20.6 Å². The van der Waals surface area contributed by atoms with E-state index < -0.39 is 438 Å². The maximum atomic E-state index is 13.7. The van der Waals surface area contributed by atoms with Crippen LogP contribution in [0, 0.1) is 0 Å². The van der Waals surface area contributed by atoms with E-state index in [0.29, 0.717) is 24.9 Å². The van der Waals surface area contributed by atoms with Crippen LogP contribution in [-0.2, 0) is 100 Å². The molecule has 4 aliphatic heterocycles. The van der Waals surface area contributed by atoms with Crippen LogP contribution >= 0.6 is 0 Å². The first-order valence-corrected chi connectivity index (χ1v) is 42.6. The van der Waals surface area contributed by atoms with Gasteiger partial charge in [-0.1, -0.05) is 20.6 Å². The Balaban J connectivity index is 1.52. The molecule has 4 aliphatic rings. The Morgan fingerprint density at radius 3 is 0.695 bits per heavy atom. The van der Waals surface area contributed by atoms with Gasteiger partial charge >= 0.3 is 17.9 Å². The molecule has 0 aromatic heterocycles. The van der Waals surface area contributed by atoms with Gasteiger partial charge < -0.3 is 247 Å². The third-order valence-corrected chi connectivity index (χ3v) is 21.3. The van der Waals surface area contributed by atoms with Gasteiger partial charge in [0.1, 0.15) is 195 Å². The average molecular weight is 2070 g/mol. The van der Waals surface area contributed by atoms with Crippen LogP contribution in [0.5, 0.6) is 0 Å². The second-order valence-corrected chi connectivity index (χ2v) is 31.7. The van der Waals surface area contributed by atoms with E-state index in [-0.39, 0.29) is 9.80 Å². The minimum absolute atomic E-state index is 0.276. The van der Waals surface area contributed by atoms with Crippen molar-refractivity contribution in [3.05, 3.63) is 0 Å². The predicted octanol–water partition coefficient (Wildman–Crippen LogP) is -26.9. The Morgan fingerprint density at radius 1 is 0.291 bits per heavy atom. The number of nitrogens with one attached hydrogen (secondary N) is 2. The number of aliphatic hydroxyl groups excluding tert-OH is 32. The molecular formula is C74H127N11O56. The highest BCUT2D eigenvalue weighted by Gasteiger charge is 2.52. The summed E-state index contributed by atoms with van der Waals surface area (Å²) in [6.45, 7) is -23.9. The highest BCUT2D eigenvalue weighted by molar-refractivity contribution is 5.97. The number of rotatable bonds is 66. The summed E-state index contributed by atoms with van der Waals surface area (Å²) in [7, 11) is 0. The maximum Gasteiger partial charge on any atom is 0.317 e. The molecule has 0 spiro atoms. The lowest BCUT2D eigenvalue weighted by atomic mass is 9.98. The van der Waals surface area contributed by atoms with Crippen molar-refractivity contribution in [3.8, 4) is 0 Å². The first kappa shape index (κ1) is 125. The van der Waals surface area contributed by atoms with Crippen molar-refractivity contribution >= 4 is 78.2 Å². The Bertz CT molecular complexity index is 3440. The predicted molar refractivity (Wildman–Crippen MR) is 444 cm³/mol. The summed E-state index contributed by atoms with van der Waals surface area (Å²) in [5.74, 6) is -12.5. The summed E-state index contributed by atoms with van der Waals surface area (Å²) in [4.78, 5) is 142. The summed E-state index contributed by atoms with van der Waals surface area (Å²) >= 11 is 0. The molecule has 0 aromatic rings. The van der Waals surface area contributed by atoms with E-state index in [4.69, 9.17) is 57.2 Å². The van der Waals surface area contributed by atoms with E-state index in [1.54, 1.807) is 0 Å². The Labute approximate surface area is 795 Å². The molecule has 0 aromatic carbocycles. The van der Waals surface area contributed by atoms with E-state index in [1.807, 2.05) is 0 Å². The smallest absolute Gasteiger partial charge is 0.317 e. The summed E-state index contributed by atoms with van der Waals surface area (Å²) in [6, 6.07) is 0. The molecule has 67 nitrogen and oxygen atoms in total. The Hall–Kier alpha value is -8.21. The van der Waals surface area contributed by atoms with E-state index in [9.17, 15) is 222 Å². The average Bonchev–Trinajstić information content (AvgIpc) is 0.815. The number of oxime groups is 4. The molecule has 28 unspecified atom stereocenters. The number of ether oxygens (including phenoxy) is 8. The number of amides is 6. The van der Waals surface area contributed by atoms with Crippen molar-refractivity contribution < 1.29 is 279 Å². The minimum atomic E-state index is -2.38. The van der Waals surface area contributed by atoms with Crippen molar-refractivity contribution in [1.82, 2.24) is 35.1 Å². The molecule has 4 rings (SSSR count). The summed E-state index contributed by atoms with van der Waals surface area (Å²) in [5, 5.41) is 377. The van der Waals surface area contributed by atoms with Gasteiger partial charge in [-0.05, 0) is 0 Å². The largest absolute Gasteiger partial charge is 0.480 e. The minimum Gasteiger partial charge on any atom is -0.480 e. The third-order valence-electron chi connectivity index (χ3n) is 21.3. The van der Waals surface area contributed by atoms with Crippen LogP contribution in [0.25, 0.3) is 0 Å². The van der Waals surface area contributed by atoms with Gasteiger partial charge in [0, 0.05) is 52.4 Å². The van der Waals surface area contributed by atoms with Crippen LogP contribution in [0.15, 0.2) is 20.6 Å². The van der Waals surface area contributed by atoms with Gasteiger partial charge in [-0.3, -0.25) is 67.7 Å². The molecule has 0 bridgehead atoms.